The van der Waals surface area contributed by atoms with E-state index in [9.17, 15) is 9.59 Å². The topological polar surface area (TPSA) is 53.9 Å². The summed E-state index contributed by atoms with van der Waals surface area (Å²) in [5.74, 6) is 0.00436. The molecule has 5 nitrogen and oxygen atoms in total. The van der Waals surface area contributed by atoms with Gasteiger partial charge in [-0.3, -0.25) is 9.59 Å². The zero-order valence-electron chi connectivity index (χ0n) is 15.7. The van der Waals surface area contributed by atoms with Crippen LogP contribution in [-0.2, 0) is 4.79 Å². The van der Waals surface area contributed by atoms with Gasteiger partial charge >= 0.3 is 0 Å². The molecule has 0 unspecified atom stereocenters. The van der Waals surface area contributed by atoms with Crippen LogP contribution < -0.4 is 10.2 Å². The summed E-state index contributed by atoms with van der Waals surface area (Å²) in [5, 5.41) is 3.39. The highest BCUT2D eigenvalue weighted by Gasteiger charge is 2.26. The number of piperazine rings is 1. The Hall–Kier alpha value is -2.37. The van der Waals surface area contributed by atoms with Gasteiger partial charge in [-0.05, 0) is 49.2 Å². The van der Waals surface area contributed by atoms with E-state index in [2.05, 4.69) is 5.32 Å². The lowest BCUT2D eigenvalue weighted by Gasteiger charge is -2.32. The maximum atomic E-state index is 12.7. The molecule has 1 aliphatic heterocycles. The Morgan fingerprint density at radius 3 is 2.44 bits per heavy atom. The van der Waals surface area contributed by atoms with Crippen molar-refractivity contribution in [3.05, 3.63) is 64.2 Å². The molecule has 0 atom stereocenters. The van der Waals surface area contributed by atoms with Crippen molar-refractivity contribution in [3.8, 4) is 0 Å². The van der Waals surface area contributed by atoms with E-state index in [1.54, 1.807) is 12.1 Å². The lowest BCUT2D eigenvalue weighted by molar-refractivity contribution is -0.895. The van der Waals surface area contributed by atoms with Crippen molar-refractivity contribution >= 4 is 29.1 Å². The largest absolute Gasteiger partial charge is 0.327 e. The maximum Gasteiger partial charge on any atom is 0.279 e. The number of quaternary nitrogens is 1. The van der Waals surface area contributed by atoms with E-state index >= 15 is 0 Å². The molecule has 2 aromatic rings. The van der Waals surface area contributed by atoms with Crippen molar-refractivity contribution in [2.75, 3.05) is 38.0 Å². The standard InChI is InChI=1S/C21H24ClN3O2/c1-15-7-8-17(13-16(15)2)21(27)25-11-9-24(10-12-25)14-20(26)23-19-6-4-3-5-18(19)22/h3-8,13H,9-12,14H2,1-2H3,(H,23,26)/p+1. The molecule has 0 spiro atoms. The first-order valence-corrected chi connectivity index (χ1v) is 9.56. The average molecular weight is 387 g/mol. The molecule has 3 rings (SSSR count). The van der Waals surface area contributed by atoms with Gasteiger partial charge in [0, 0.05) is 5.56 Å². The first-order valence-electron chi connectivity index (χ1n) is 9.18. The Morgan fingerprint density at radius 2 is 1.78 bits per heavy atom. The van der Waals surface area contributed by atoms with Gasteiger partial charge in [0.1, 0.15) is 0 Å². The molecule has 2 N–H and O–H groups in total. The molecule has 1 saturated heterocycles. The average Bonchev–Trinajstić information content (AvgIpc) is 2.66. The fourth-order valence-electron chi connectivity index (χ4n) is 3.24. The zero-order chi connectivity index (χ0) is 19.4. The van der Waals surface area contributed by atoms with Gasteiger partial charge in [-0.1, -0.05) is 29.8 Å². The van der Waals surface area contributed by atoms with Crippen molar-refractivity contribution in [2.45, 2.75) is 13.8 Å². The number of carbonyl (C=O) groups excluding carboxylic acids is 2. The quantitative estimate of drug-likeness (QED) is 0.843. The molecule has 1 aliphatic rings. The highest BCUT2D eigenvalue weighted by molar-refractivity contribution is 6.33. The summed E-state index contributed by atoms with van der Waals surface area (Å²) in [6, 6.07) is 13.0. The molecule has 27 heavy (non-hydrogen) atoms. The van der Waals surface area contributed by atoms with Crippen molar-refractivity contribution in [2.24, 2.45) is 0 Å². The molecule has 0 aromatic heterocycles. The monoisotopic (exact) mass is 386 g/mol. The summed E-state index contributed by atoms with van der Waals surface area (Å²) >= 11 is 6.08. The number of hydrogen-bond donors (Lipinski definition) is 2. The number of aryl methyl sites for hydroxylation is 2. The summed E-state index contributed by atoms with van der Waals surface area (Å²) in [6.45, 7) is 7.25. The van der Waals surface area contributed by atoms with Crippen molar-refractivity contribution < 1.29 is 14.5 Å². The number of anilines is 1. The van der Waals surface area contributed by atoms with Crippen molar-refractivity contribution in [1.29, 1.82) is 0 Å². The van der Waals surface area contributed by atoms with E-state index in [1.165, 1.54) is 10.5 Å². The number of nitrogens with zero attached hydrogens (tertiary/aromatic N) is 1. The number of hydrogen-bond acceptors (Lipinski definition) is 2. The fourth-order valence-corrected chi connectivity index (χ4v) is 3.43. The van der Waals surface area contributed by atoms with E-state index in [4.69, 9.17) is 11.6 Å². The van der Waals surface area contributed by atoms with Crippen molar-refractivity contribution in [1.82, 2.24) is 4.90 Å². The van der Waals surface area contributed by atoms with Gasteiger partial charge in [0.15, 0.2) is 6.54 Å². The predicted octanol–water partition coefficient (Wildman–Crippen LogP) is 1.94. The van der Waals surface area contributed by atoms with Gasteiger partial charge in [-0.25, -0.2) is 0 Å². The second kappa shape index (κ2) is 8.55. The van der Waals surface area contributed by atoms with Gasteiger partial charge < -0.3 is 15.1 Å². The van der Waals surface area contributed by atoms with Crippen LogP contribution in [0.2, 0.25) is 5.02 Å². The number of amides is 2. The molecule has 1 fully saturated rings. The molecule has 1 heterocycles. The minimum absolute atomic E-state index is 0.0629. The van der Waals surface area contributed by atoms with Crippen molar-refractivity contribution in [3.63, 3.8) is 0 Å². The number of benzene rings is 2. The number of carbonyl (C=O) groups is 2. The van der Waals surface area contributed by atoms with Crippen LogP contribution in [0.5, 0.6) is 0 Å². The van der Waals surface area contributed by atoms with Crippen LogP contribution in [0.1, 0.15) is 21.5 Å². The van der Waals surface area contributed by atoms with Gasteiger partial charge in [-0.15, -0.1) is 0 Å². The van der Waals surface area contributed by atoms with E-state index < -0.39 is 0 Å². The Morgan fingerprint density at radius 1 is 1.07 bits per heavy atom. The fraction of sp³-hybridized carbons (Fsp3) is 0.333. The molecule has 2 amide bonds. The van der Waals surface area contributed by atoms with Crippen LogP contribution in [0.25, 0.3) is 0 Å². The normalized spacial score (nSPS) is 14.9. The summed E-state index contributed by atoms with van der Waals surface area (Å²) in [4.78, 5) is 28.0. The molecule has 2 aromatic carbocycles. The van der Waals surface area contributed by atoms with Gasteiger partial charge in [0.05, 0.1) is 36.9 Å². The highest BCUT2D eigenvalue weighted by Crippen LogP contribution is 2.20. The molecule has 6 heteroatoms. The molecule has 0 radical (unpaired) electrons. The Balaban J connectivity index is 1.51. The predicted molar refractivity (Wildman–Crippen MR) is 107 cm³/mol. The second-order valence-corrected chi connectivity index (χ2v) is 7.45. The van der Waals surface area contributed by atoms with Crippen LogP contribution in [0.15, 0.2) is 42.5 Å². The molecule has 0 saturated carbocycles. The van der Waals surface area contributed by atoms with Gasteiger partial charge in [0.2, 0.25) is 0 Å². The van der Waals surface area contributed by atoms with E-state index in [0.29, 0.717) is 30.3 Å². The molecular formula is C21H25ClN3O2+. The Labute approximate surface area is 164 Å². The smallest absolute Gasteiger partial charge is 0.279 e. The van der Waals surface area contributed by atoms with Crippen LogP contribution >= 0.6 is 11.6 Å². The summed E-state index contributed by atoms with van der Waals surface area (Å²) in [6.07, 6.45) is 0. The molecule has 142 valence electrons. The van der Waals surface area contributed by atoms with Gasteiger partial charge in [0.25, 0.3) is 11.8 Å². The highest BCUT2D eigenvalue weighted by atomic mass is 35.5. The third kappa shape index (κ3) is 4.87. The van der Waals surface area contributed by atoms with Crippen LogP contribution in [0, 0.1) is 13.8 Å². The first kappa shape index (κ1) is 19.4. The lowest BCUT2D eigenvalue weighted by atomic mass is 10.1. The first-order chi connectivity index (χ1) is 12.9. The third-order valence-corrected chi connectivity index (χ3v) is 5.40. The minimum Gasteiger partial charge on any atom is -0.327 e. The number of para-hydroxylation sites is 1. The number of rotatable bonds is 4. The Kier molecular flexibility index (Phi) is 6.14. The van der Waals surface area contributed by atoms with Gasteiger partial charge in [-0.2, -0.15) is 0 Å². The minimum atomic E-state index is -0.0629. The van der Waals surface area contributed by atoms with E-state index in [1.807, 2.05) is 49.1 Å². The van der Waals surface area contributed by atoms with Crippen LogP contribution in [-0.4, -0.2) is 49.4 Å². The molecule has 0 bridgehead atoms. The lowest BCUT2D eigenvalue weighted by Crippen LogP contribution is -3.15. The molecular weight excluding hydrogens is 362 g/mol. The Bertz CT molecular complexity index is 845. The van der Waals surface area contributed by atoms with E-state index in [-0.39, 0.29) is 11.8 Å². The SMILES string of the molecule is Cc1ccc(C(=O)N2CC[NH+](CC(=O)Nc3ccccc3Cl)CC2)cc1C. The molecule has 0 aliphatic carbocycles. The zero-order valence-corrected chi connectivity index (χ0v) is 16.5. The third-order valence-electron chi connectivity index (χ3n) is 5.07. The summed E-state index contributed by atoms with van der Waals surface area (Å²) in [7, 11) is 0. The van der Waals surface area contributed by atoms with Crippen LogP contribution in [0.4, 0.5) is 5.69 Å². The van der Waals surface area contributed by atoms with Crippen LogP contribution in [0.3, 0.4) is 0 Å². The number of nitrogens with one attached hydrogen (secondary N) is 2. The summed E-state index contributed by atoms with van der Waals surface area (Å²) < 4.78 is 0. The second-order valence-electron chi connectivity index (χ2n) is 7.05. The number of halogens is 1. The van der Waals surface area contributed by atoms with E-state index in [0.717, 1.165) is 24.2 Å². The maximum absolute atomic E-state index is 12.7. The summed E-state index contributed by atoms with van der Waals surface area (Å²) in [5.41, 5.74) is 3.68.